The zero-order chi connectivity index (χ0) is 27.8. The minimum absolute atomic E-state index is 0.000331. The van der Waals surface area contributed by atoms with Crippen LogP contribution in [0, 0.1) is 13.8 Å². The maximum Gasteiger partial charge on any atom is 0.406 e. The molecule has 4 rings (SSSR count). The summed E-state index contributed by atoms with van der Waals surface area (Å²) in [4.78, 5) is 52.0. The van der Waals surface area contributed by atoms with Crippen LogP contribution in [0.15, 0.2) is 48.5 Å². The van der Waals surface area contributed by atoms with Gasteiger partial charge < -0.3 is 14.0 Å². The van der Waals surface area contributed by atoms with Crippen LogP contribution in [0.3, 0.4) is 0 Å². The van der Waals surface area contributed by atoms with Crippen LogP contribution in [0.5, 0.6) is 5.75 Å². The predicted octanol–water partition coefficient (Wildman–Crippen LogP) is 4.91. The molecule has 1 aliphatic heterocycles. The molecule has 2 heterocycles. The molecule has 0 spiro atoms. The largest absolute Gasteiger partial charge is 0.494 e. The van der Waals surface area contributed by atoms with Crippen LogP contribution in [-0.4, -0.2) is 47.5 Å². The van der Waals surface area contributed by atoms with E-state index in [-0.39, 0.29) is 33.6 Å². The third kappa shape index (κ3) is 5.17. The minimum Gasteiger partial charge on any atom is -0.494 e. The summed E-state index contributed by atoms with van der Waals surface area (Å²) in [6, 6.07) is 11.5. The molecule has 0 aliphatic carbocycles. The molecule has 0 saturated heterocycles. The third-order valence-electron chi connectivity index (χ3n) is 6.07. The van der Waals surface area contributed by atoms with Crippen molar-refractivity contribution in [2.75, 3.05) is 18.1 Å². The summed E-state index contributed by atoms with van der Waals surface area (Å²) in [6.07, 6.45) is -4.46. The second-order valence-corrected chi connectivity index (χ2v) is 8.62. The zero-order valence-electron chi connectivity index (χ0n) is 20.7. The van der Waals surface area contributed by atoms with Crippen molar-refractivity contribution in [2.24, 2.45) is 0 Å². The monoisotopic (exact) mass is 528 g/mol. The quantitative estimate of drug-likeness (QED) is 0.234. The molecule has 3 aromatic rings. The summed E-state index contributed by atoms with van der Waals surface area (Å²) >= 11 is 0. The molecule has 198 valence electrons. The second-order valence-electron chi connectivity index (χ2n) is 8.62. The van der Waals surface area contributed by atoms with E-state index < -0.39 is 42.9 Å². The number of benzene rings is 2. The van der Waals surface area contributed by atoms with E-state index in [4.69, 9.17) is 9.47 Å². The molecule has 38 heavy (non-hydrogen) atoms. The van der Waals surface area contributed by atoms with Crippen LogP contribution < -0.4 is 9.64 Å². The second kappa shape index (κ2) is 10.2. The number of ketones is 1. The van der Waals surface area contributed by atoms with E-state index in [2.05, 4.69) is 0 Å². The first kappa shape index (κ1) is 26.6. The molecule has 0 saturated carbocycles. The van der Waals surface area contributed by atoms with Crippen molar-refractivity contribution >= 4 is 29.3 Å². The van der Waals surface area contributed by atoms with Gasteiger partial charge in [-0.2, -0.15) is 13.2 Å². The molecule has 2 aromatic carbocycles. The molecule has 2 amide bonds. The molecule has 0 bridgehead atoms. The Hall–Kier alpha value is -4.41. The molecule has 0 radical (unpaired) electrons. The van der Waals surface area contributed by atoms with Crippen LogP contribution in [0.1, 0.15) is 59.7 Å². The van der Waals surface area contributed by atoms with Crippen LogP contribution in [0.25, 0.3) is 0 Å². The molecule has 0 fully saturated rings. The van der Waals surface area contributed by atoms with E-state index in [0.717, 1.165) is 9.47 Å². The number of aryl methyl sites for hydroxylation is 1. The number of nitrogens with zero attached hydrogens (tertiary/aromatic N) is 2. The van der Waals surface area contributed by atoms with Crippen LogP contribution in [-0.2, 0) is 11.3 Å². The van der Waals surface area contributed by atoms with Gasteiger partial charge >= 0.3 is 12.1 Å². The summed E-state index contributed by atoms with van der Waals surface area (Å²) in [5.41, 5.74) is 0.741. The fraction of sp³-hybridized carbons (Fsp3) is 0.259. The molecule has 1 aromatic heterocycles. The van der Waals surface area contributed by atoms with Gasteiger partial charge in [0.2, 0.25) is 5.78 Å². The van der Waals surface area contributed by atoms with Gasteiger partial charge in [-0.05, 0) is 69.3 Å². The smallest absolute Gasteiger partial charge is 0.406 e. The Morgan fingerprint density at radius 2 is 1.58 bits per heavy atom. The van der Waals surface area contributed by atoms with Crippen molar-refractivity contribution in [3.8, 4) is 5.75 Å². The number of fused-ring (bicyclic) bond motifs is 1. The van der Waals surface area contributed by atoms with E-state index in [1.807, 2.05) is 6.92 Å². The average molecular weight is 528 g/mol. The average Bonchev–Trinajstić information content (AvgIpc) is 3.29. The highest BCUT2D eigenvalue weighted by Crippen LogP contribution is 2.30. The van der Waals surface area contributed by atoms with E-state index >= 15 is 0 Å². The number of Topliss-reactive ketones (excluding diaryl/α,β-unsaturated/α-hetero) is 1. The number of aromatic nitrogens is 1. The van der Waals surface area contributed by atoms with Gasteiger partial charge in [-0.25, -0.2) is 9.69 Å². The Morgan fingerprint density at radius 3 is 2.21 bits per heavy atom. The topological polar surface area (TPSA) is 94.9 Å². The minimum atomic E-state index is -4.46. The van der Waals surface area contributed by atoms with E-state index in [1.54, 1.807) is 24.3 Å². The number of alkyl halides is 3. The zero-order valence-corrected chi connectivity index (χ0v) is 20.7. The Morgan fingerprint density at radius 1 is 0.921 bits per heavy atom. The molecule has 0 atom stereocenters. The van der Waals surface area contributed by atoms with Crippen molar-refractivity contribution < 1.29 is 41.8 Å². The molecular formula is C27H23F3N2O6. The lowest BCUT2D eigenvalue weighted by molar-refractivity contribution is -0.141. The van der Waals surface area contributed by atoms with Gasteiger partial charge in [0, 0.05) is 17.0 Å². The highest BCUT2D eigenvalue weighted by atomic mass is 19.4. The molecular weight excluding hydrogens is 505 g/mol. The molecule has 0 N–H and O–H groups in total. The number of halogens is 3. The first-order valence-electron chi connectivity index (χ1n) is 11.6. The van der Waals surface area contributed by atoms with Crippen LogP contribution >= 0.6 is 0 Å². The molecule has 1 aliphatic rings. The first-order valence-corrected chi connectivity index (χ1v) is 11.6. The van der Waals surface area contributed by atoms with Crippen molar-refractivity contribution in [3.05, 3.63) is 82.2 Å². The van der Waals surface area contributed by atoms with Crippen molar-refractivity contribution in [3.63, 3.8) is 0 Å². The van der Waals surface area contributed by atoms with E-state index in [9.17, 15) is 32.3 Å². The van der Waals surface area contributed by atoms with Crippen LogP contribution in [0.2, 0.25) is 0 Å². The standard InChI is InChI=1S/C27H23F3N2O6/c1-4-37-19-8-6-18(7-9-19)32-24(34)20-10-5-17(12-22(20)25(32)35)26(36)38-13-23(33)21-11-15(2)31(16(21)3)14-27(28,29)30/h5-12H,4,13-14H2,1-3H3. The van der Waals surface area contributed by atoms with Crippen molar-refractivity contribution in [2.45, 2.75) is 33.5 Å². The fourth-order valence-corrected chi connectivity index (χ4v) is 4.26. The van der Waals surface area contributed by atoms with Gasteiger partial charge in [0.25, 0.3) is 11.8 Å². The van der Waals surface area contributed by atoms with Crippen molar-refractivity contribution in [1.29, 1.82) is 0 Å². The van der Waals surface area contributed by atoms with E-state index in [1.165, 1.54) is 38.1 Å². The van der Waals surface area contributed by atoms with Gasteiger partial charge in [0.1, 0.15) is 12.3 Å². The number of anilines is 1. The predicted molar refractivity (Wildman–Crippen MR) is 130 cm³/mol. The molecule has 0 unspecified atom stereocenters. The number of hydrogen-bond acceptors (Lipinski definition) is 6. The Balaban J connectivity index is 1.47. The van der Waals surface area contributed by atoms with Crippen LogP contribution in [0.4, 0.5) is 18.9 Å². The lowest BCUT2D eigenvalue weighted by Gasteiger charge is -2.14. The van der Waals surface area contributed by atoms with Gasteiger partial charge in [0.05, 0.1) is 29.0 Å². The summed E-state index contributed by atoms with van der Waals surface area (Å²) < 4.78 is 49.9. The van der Waals surface area contributed by atoms with Crippen molar-refractivity contribution in [1.82, 2.24) is 4.57 Å². The normalized spacial score (nSPS) is 13.1. The number of hydrogen-bond donors (Lipinski definition) is 0. The number of ether oxygens (including phenoxy) is 2. The first-order chi connectivity index (χ1) is 17.9. The summed E-state index contributed by atoms with van der Waals surface area (Å²) in [7, 11) is 0. The Labute approximate surface area is 215 Å². The maximum atomic E-state index is 13.0. The number of esters is 1. The fourth-order valence-electron chi connectivity index (χ4n) is 4.26. The van der Waals surface area contributed by atoms with Gasteiger partial charge in [0.15, 0.2) is 6.61 Å². The summed E-state index contributed by atoms with van der Waals surface area (Å²) in [5, 5.41) is 0. The maximum absolute atomic E-state index is 13.0. The number of imide groups is 1. The highest BCUT2D eigenvalue weighted by molar-refractivity contribution is 6.34. The number of carbonyl (C=O) groups is 4. The Bertz CT molecular complexity index is 1440. The number of carbonyl (C=O) groups excluding carboxylic acids is 4. The lowest BCUT2D eigenvalue weighted by atomic mass is 10.1. The number of rotatable bonds is 8. The summed E-state index contributed by atoms with van der Waals surface area (Å²) in [5.74, 6) is -2.20. The SMILES string of the molecule is CCOc1ccc(N2C(=O)c3ccc(C(=O)OCC(=O)c4cc(C)n(CC(F)(F)F)c4C)cc3C2=O)cc1. The van der Waals surface area contributed by atoms with Gasteiger partial charge in [-0.1, -0.05) is 0 Å². The Kier molecular flexibility index (Phi) is 7.12. The van der Waals surface area contributed by atoms with E-state index in [0.29, 0.717) is 18.0 Å². The third-order valence-corrected chi connectivity index (χ3v) is 6.07. The van der Waals surface area contributed by atoms with Gasteiger partial charge in [-0.3, -0.25) is 14.4 Å². The highest BCUT2D eigenvalue weighted by Gasteiger charge is 2.37. The molecule has 11 heteroatoms. The van der Waals surface area contributed by atoms with Gasteiger partial charge in [-0.15, -0.1) is 0 Å². The number of amides is 2. The molecule has 8 nitrogen and oxygen atoms in total. The lowest BCUT2D eigenvalue weighted by Crippen LogP contribution is -2.29. The summed E-state index contributed by atoms with van der Waals surface area (Å²) in [6.45, 7) is 3.16.